The van der Waals surface area contributed by atoms with Gasteiger partial charge < -0.3 is 19.5 Å². The lowest BCUT2D eigenvalue weighted by molar-refractivity contribution is 0.0342. The van der Waals surface area contributed by atoms with Gasteiger partial charge in [0.25, 0.3) is 0 Å². The average Bonchev–Trinajstić information content (AvgIpc) is 3.23. The topological polar surface area (TPSA) is 96.0 Å². The van der Waals surface area contributed by atoms with E-state index in [1.807, 2.05) is 31.2 Å². The summed E-state index contributed by atoms with van der Waals surface area (Å²) in [5.74, 6) is -0.470. The summed E-state index contributed by atoms with van der Waals surface area (Å²) in [4.78, 5) is 15.1. The number of carbonyl (C=O) groups is 1. The summed E-state index contributed by atoms with van der Waals surface area (Å²) in [5.41, 5.74) is 2.96. The molecule has 8 heteroatoms. The van der Waals surface area contributed by atoms with Crippen molar-refractivity contribution >= 4 is 17.4 Å². The fourth-order valence-corrected chi connectivity index (χ4v) is 3.97. The third-order valence-electron chi connectivity index (χ3n) is 5.50. The summed E-state index contributed by atoms with van der Waals surface area (Å²) in [6, 6.07) is 10.4. The monoisotopic (exact) mass is 456 g/mol. The molecule has 0 unspecified atom stereocenters. The number of phenols is 2. The van der Waals surface area contributed by atoms with Gasteiger partial charge in [-0.05, 0) is 23.6 Å². The number of ketones is 1. The predicted molar refractivity (Wildman–Crippen MR) is 121 cm³/mol. The number of carbonyl (C=O) groups excluding carboxylic acids is 1. The quantitative estimate of drug-likeness (QED) is 0.488. The Balaban J connectivity index is 1.73. The molecule has 0 aliphatic carbocycles. The van der Waals surface area contributed by atoms with Crippen LogP contribution in [0.25, 0.3) is 22.4 Å². The fourth-order valence-electron chi connectivity index (χ4n) is 3.81. The van der Waals surface area contributed by atoms with Crippen LogP contribution in [0, 0.1) is 0 Å². The Bertz CT molecular complexity index is 1100. The number of nitrogens with zero attached hydrogens (tertiary/aromatic N) is 2. The zero-order valence-corrected chi connectivity index (χ0v) is 18.6. The molecular weight excluding hydrogens is 432 g/mol. The molecule has 0 atom stereocenters. The van der Waals surface area contributed by atoms with Crippen LogP contribution in [0.1, 0.15) is 35.9 Å². The van der Waals surface area contributed by atoms with Gasteiger partial charge in [0.1, 0.15) is 17.2 Å². The molecule has 7 nitrogen and oxygen atoms in total. The van der Waals surface area contributed by atoms with Gasteiger partial charge in [-0.3, -0.25) is 9.69 Å². The summed E-state index contributed by atoms with van der Waals surface area (Å²) >= 11 is 6.07. The Labute approximate surface area is 191 Å². The molecule has 1 aliphatic heterocycles. The van der Waals surface area contributed by atoms with E-state index in [9.17, 15) is 15.0 Å². The van der Waals surface area contributed by atoms with E-state index >= 15 is 0 Å². The van der Waals surface area contributed by atoms with Crippen molar-refractivity contribution in [2.24, 2.45) is 0 Å². The molecule has 0 bridgehead atoms. The zero-order chi connectivity index (χ0) is 22.7. The van der Waals surface area contributed by atoms with E-state index in [4.69, 9.17) is 20.9 Å². The van der Waals surface area contributed by atoms with Crippen molar-refractivity contribution in [1.29, 1.82) is 0 Å². The van der Waals surface area contributed by atoms with E-state index < -0.39 is 0 Å². The molecule has 168 valence electrons. The number of ether oxygens (including phenoxy) is 1. The van der Waals surface area contributed by atoms with Crippen molar-refractivity contribution in [2.45, 2.75) is 26.3 Å². The van der Waals surface area contributed by atoms with Gasteiger partial charge in [0, 0.05) is 37.7 Å². The Morgan fingerprint density at radius 2 is 1.84 bits per heavy atom. The highest BCUT2D eigenvalue weighted by Gasteiger charge is 2.26. The lowest BCUT2D eigenvalue weighted by Gasteiger charge is -2.26. The third-order valence-corrected chi connectivity index (χ3v) is 5.80. The van der Waals surface area contributed by atoms with Crippen molar-refractivity contribution in [3.8, 4) is 33.9 Å². The lowest BCUT2D eigenvalue weighted by Crippen LogP contribution is -2.35. The van der Waals surface area contributed by atoms with Crippen LogP contribution in [0.3, 0.4) is 0 Å². The van der Waals surface area contributed by atoms with Gasteiger partial charge >= 0.3 is 0 Å². The second kappa shape index (κ2) is 9.73. The number of Topliss-reactive ketones (excluding diaryl/α,β-unsaturated/α-hetero) is 1. The maximum absolute atomic E-state index is 12.7. The van der Waals surface area contributed by atoms with Crippen LogP contribution in [-0.2, 0) is 11.3 Å². The first-order chi connectivity index (χ1) is 15.5. The number of rotatable bonds is 7. The summed E-state index contributed by atoms with van der Waals surface area (Å²) < 4.78 is 10.9. The SMILES string of the molecule is CCCC(=O)c1onc(-c2cc(Cl)c(O)cc2O)c1-c1ccc(CN2CCOCC2)cc1. The Kier molecular flexibility index (Phi) is 6.79. The third kappa shape index (κ3) is 4.65. The largest absolute Gasteiger partial charge is 0.507 e. The van der Waals surface area contributed by atoms with Crippen LogP contribution in [-0.4, -0.2) is 52.4 Å². The highest BCUT2D eigenvalue weighted by atomic mass is 35.5. The molecule has 1 fully saturated rings. The maximum atomic E-state index is 12.7. The van der Waals surface area contributed by atoms with Gasteiger partial charge in [-0.15, -0.1) is 0 Å². The van der Waals surface area contributed by atoms with Gasteiger partial charge in [-0.2, -0.15) is 0 Å². The van der Waals surface area contributed by atoms with Gasteiger partial charge in [0.2, 0.25) is 11.5 Å². The minimum Gasteiger partial charge on any atom is -0.507 e. The summed E-state index contributed by atoms with van der Waals surface area (Å²) in [6.07, 6.45) is 0.988. The molecular formula is C24H25ClN2O5. The van der Waals surface area contributed by atoms with Crippen LogP contribution in [0.4, 0.5) is 0 Å². The van der Waals surface area contributed by atoms with Crippen molar-refractivity contribution in [2.75, 3.05) is 26.3 Å². The second-order valence-corrected chi connectivity index (χ2v) is 8.22. The lowest BCUT2D eigenvalue weighted by atomic mass is 9.95. The number of morpholine rings is 1. The number of hydrogen-bond donors (Lipinski definition) is 2. The molecule has 1 aliphatic rings. The fraction of sp³-hybridized carbons (Fsp3) is 0.333. The molecule has 4 rings (SSSR count). The van der Waals surface area contributed by atoms with E-state index in [-0.39, 0.29) is 33.6 Å². The van der Waals surface area contributed by atoms with E-state index in [1.165, 1.54) is 6.07 Å². The molecule has 0 radical (unpaired) electrons. The molecule has 2 N–H and O–H groups in total. The van der Waals surface area contributed by atoms with Gasteiger partial charge in [0.05, 0.1) is 23.8 Å². The molecule has 1 saturated heterocycles. The van der Waals surface area contributed by atoms with E-state index in [1.54, 1.807) is 0 Å². The average molecular weight is 457 g/mol. The van der Waals surface area contributed by atoms with Crippen LogP contribution < -0.4 is 0 Å². The number of aromatic nitrogens is 1. The van der Waals surface area contributed by atoms with Crippen molar-refractivity contribution in [3.63, 3.8) is 0 Å². The van der Waals surface area contributed by atoms with E-state index in [0.29, 0.717) is 24.1 Å². The van der Waals surface area contributed by atoms with Crippen molar-refractivity contribution < 1.29 is 24.3 Å². The molecule has 2 heterocycles. The summed E-state index contributed by atoms with van der Waals surface area (Å²) in [5, 5.41) is 24.4. The molecule has 0 amide bonds. The number of phenolic OH excluding ortho intramolecular Hbond substituents is 2. The first-order valence-corrected chi connectivity index (χ1v) is 11.0. The van der Waals surface area contributed by atoms with Crippen LogP contribution in [0.15, 0.2) is 40.9 Å². The van der Waals surface area contributed by atoms with Crippen molar-refractivity contribution in [3.05, 3.63) is 52.7 Å². The van der Waals surface area contributed by atoms with Crippen LogP contribution in [0.5, 0.6) is 11.5 Å². The zero-order valence-electron chi connectivity index (χ0n) is 17.8. The minimum atomic E-state index is -0.243. The van der Waals surface area contributed by atoms with Gasteiger partial charge in [0.15, 0.2) is 0 Å². The van der Waals surface area contributed by atoms with Crippen molar-refractivity contribution in [1.82, 2.24) is 10.1 Å². The summed E-state index contributed by atoms with van der Waals surface area (Å²) in [6.45, 7) is 6.01. The highest BCUT2D eigenvalue weighted by Crippen LogP contribution is 2.42. The highest BCUT2D eigenvalue weighted by molar-refractivity contribution is 6.32. The first kappa shape index (κ1) is 22.3. The summed E-state index contributed by atoms with van der Waals surface area (Å²) in [7, 11) is 0. The number of hydrogen-bond acceptors (Lipinski definition) is 7. The van der Waals surface area contributed by atoms with E-state index in [0.717, 1.165) is 50.0 Å². The number of halogens is 1. The van der Waals surface area contributed by atoms with Crippen LogP contribution in [0.2, 0.25) is 5.02 Å². The molecule has 0 saturated carbocycles. The van der Waals surface area contributed by atoms with Gasteiger partial charge in [-0.1, -0.05) is 47.9 Å². The molecule has 0 spiro atoms. The standard InChI is InChI=1S/C24H25ClN2O5/c1-2-3-19(28)24-22(23(26-32-24)17-12-18(25)21(30)13-20(17)29)16-6-4-15(5-7-16)14-27-8-10-31-11-9-27/h4-7,12-13,29-30H,2-3,8-11,14H2,1H3. The molecule has 1 aromatic heterocycles. The van der Waals surface area contributed by atoms with E-state index in [2.05, 4.69) is 10.1 Å². The number of aromatic hydroxyl groups is 2. The predicted octanol–water partition coefficient (Wildman–Crippen LogP) is 4.89. The van der Waals surface area contributed by atoms with Gasteiger partial charge in [-0.25, -0.2) is 0 Å². The second-order valence-electron chi connectivity index (χ2n) is 7.81. The van der Waals surface area contributed by atoms with Crippen LogP contribution >= 0.6 is 11.6 Å². The maximum Gasteiger partial charge on any atom is 0.210 e. The smallest absolute Gasteiger partial charge is 0.210 e. The Hall–Kier alpha value is -2.87. The Morgan fingerprint density at radius 1 is 1.12 bits per heavy atom. The minimum absolute atomic E-state index is 0.0639. The normalized spacial score (nSPS) is 14.6. The number of benzene rings is 2. The molecule has 2 aromatic carbocycles. The Morgan fingerprint density at radius 3 is 2.53 bits per heavy atom. The molecule has 32 heavy (non-hydrogen) atoms. The molecule has 3 aromatic rings. The first-order valence-electron chi connectivity index (χ1n) is 10.6.